The number of carbonyl (C=O) groups excluding carboxylic acids is 1. The normalized spacial score (nSPS) is 12.4. The number of aromatic nitrogens is 2. The Morgan fingerprint density at radius 3 is 1.69 bits per heavy atom. The van der Waals surface area contributed by atoms with Crippen LogP contribution in [0.4, 0.5) is 23.3 Å². The quantitative estimate of drug-likeness (QED) is 0.0669. The van der Waals surface area contributed by atoms with Gasteiger partial charge in [-0.1, -0.05) is 56.5 Å². The summed E-state index contributed by atoms with van der Waals surface area (Å²) in [6.45, 7) is 6.37. The van der Waals surface area contributed by atoms with Gasteiger partial charge >= 0.3 is 0 Å². The average molecular weight is 733 g/mol. The summed E-state index contributed by atoms with van der Waals surface area (Å²) in [5.74, 6) is 0.728. The number of sulfone groups is 2. The summed E-state index contributed by atoms with van der Waals surface area (Å²) in [6, 6.07) is 21.5. The molecule has 0 unspecified atom stereocenters. The highest BCUT2D eigenvalue weighted by molar-refractivity contribution is 7.91. The maximum absolute atomic E-state index is 13.1. The van der Waals surface area contributed by atoms with Crippen molar-refractivity contribution >= 4 is 60.3 Å². The minimum atomic E-state index is -3.33. The predicted octanol–water partition coefficient (Wildman–Crippen LogP) is 6.35. The van der Waals surface area contributed by atoms with Crippen molar-refractivity contribution in [2.24, 2.45) is 10.2 Å². The van der Waals surface area contributed by atoms with Crippen LogP contribution >= 0.6 is 0 Å². The third-order valence-electron chi connectivity index (χ3n) is 7.86. The molecule has 0 saturated heterocycles. The van der Waals surface area contributed by atoms with E-state index >= 15 is 0 Å². The number of hydrogen-bond acceptors (Lipinski definition) is 12. The van der Waals surface area contributed by atoms with E-state index in [2.05, 4.69) is 43.3 Å². The SMILES string of the molecule is CCCCCCN(C)C(=O)c1cccc(Nc2nc(NN=C(C)c3ccc(S(C)(=O)=O)cc3)cc(NN=C(C)c3ccc(S(C)(=O)=O)cc3)n2)c1. The predicted molar refractivity (Wildman–Crippen MR) is 204 cm³/mol. The van der Waals surface area contributed by atoms with Gasteiger partial charge in [-0.2, -0.15) is 20.2 Å². The average Bonchev–Trinajstić information content (AvgIpc) is 3.10. The Hall–Kier alpha value is -5.15. The lowest BCUT2D eigenvalue weighted by molar-refractivity contribution is 0.0792. The highest BCUT2D eigenvalue weighted by Gasteiger charge is 2.14. The van der Waals surface area contributed by atoms with Crippen LogP contribution in [0.25, 0.3) is 0 Å². The van der Waals surface area contributed by atoms with Gasteiger partial charge in [0.1, 0.15) is 0 Å². The second-order valence-corrected chi connectivity index (χ2v) is 16.2. The Morgan fingerprint density at radius 2 is 1.22 bits per heavy atom. The zero-order valence-electron chi connectivity index (χ0n) is 29.6. The molecule has 1 heterocycles. The fourth-order valence-electron chi connectivity index (χ4n) is 4.87. The monoisotopic (exact) mass is 732 g/mol. The fraction of sp³-hybridized carbons (Fsp3) is 0.306. The van der Waals surface area contributed by atoms with E-state index in [0.29, 0.717) is 52.0 Å². The molecule has 3 N–H and O–H groups in total. The van der Waals surface area contributed by atoms with Crippen molar-refractivity contribution < 1.29 is 21.6 Å². The van der Waals surface area contributed by atoms with Crippen LogP contribution in [0.5, 0.6) is 0 Å². The lowest BCUT2D eigenvalue weighted by atomic mass is 10.1. The van der Waals surface area contributed by atoms with Crippen LogP contribution in [-0.4, -0.2) is 75.1 Å². The second-order valence-electron chi connectivity index (χ2n) is 12.2. The smallest absolute Gasteiger partial charge is 0.253 e. The number of carbonyl (C=O) groups is 1. The van der Waals surface area contributed by atoms with Crippen LogP contribution in [0.15, 0.2) is 98.9 Å². The van der Waals surface area contributed by atoms with Gasteiger partial charge in [0.25, 0.3) is 5.91 Å². The first-order valence-electron chi connectivity index (χ1n) is 16.4. The maximum atomic E-state index is 13.1. The first-order chi connectivity index (χ1) is 24.1. The number of hydrazone groups is 2. The summed E-state index contributed by atoms with van der Waals surface area (Å²) in [6.07, 6.45) is 6.59. The zero-order chi connectivity index (χ0) is 37.2. The summed E-state index contributed by atoms with van der Waals surface area (Å²) in [5, 5.41) is 12.1. The molecule has 0 aliphatic heterocycles. The van der Waals surface area contributed by atoms with Gasteiger partial charge in [0.15, 0.2) is 31.3 Å². The first-order valence-corrected chi connectivity index (χ1v) is 20.2. The van der Waals surface area contributed by atoms with Crippen LogP contribution in [0.2, 0.25) is 0 Å². The molecule has 4 rings (SSSR count). The zero-order valence-corrected chi connectivity index (χ0v) is 31.3. The van der Waals surface area contributed by atoms with E-state index in [1.807, 2.05) is 0 Å². The number of nitrogens with one attached hydrogen (secondary N) is 3. The van der Waals surface area contributed by atoms with Crippen LogP contribution in [-0.2, 0) is 19.7 Å². The van der Waals surface area contributed by atoms with Crippen molar-refractivity contribution in [3.05, 3.63) is 95.6 Å². The van der Waals surface area contributed by atoms with E-state index in [9.17, 15) is 21.6 Å². The first kappa shape index (κ1) is 38.6. The van der Waals surface area contributed by atoms with E-state index in [4.69, 9.17) is 0 Å². The van der Waals surface area contributed by atoms with Gasteiger partial charge in [0, 0.05) is 43.4 Å². The molecule has 0 atom stereocenters. The highest BCUT2D eigenvalue weighted by Crippen LogP contribution is 2.21. The molecule has 0 spiro atoms. The molecule has 0 fully saturated rings. The van der Waals surface area contributed by atoms with Gasteiger partial charge in [-0.05, 0) is 73.9 Å². The third-order valence-corrected chi connectivity index (χ3v) is 10.1. The van der Waals surface area contributed by atoms with Gasteiger partial charge in [0.2, 0.25) is 5.95 Å². The summed E-state index contributed by atoms with van der Waals surface area (Å²) in [7, 11) is -4.87. The molecule has 0 aliphatic carbocycles. The van der Waals surface area contributed by atoms with Gasteiger partial charge in [0.05, 0.1) is 21.2 Å². The van der Waals surface area contributed by atoms with Crippen molar-refractivity contribution in [1.29, 1.82) is 0 Å². The van der Waals surface area contributed by atoms with Crippen LogP contribution in [0.1, 0.15) is 67.9 Å². The van der Waals surface area contributed by atoms with Crippen LogP contribution < -0.4 is 16.2 Å². The number of anilines is 4. The minimum absolute atomic E-state index is 0.0856. The highest BCUT2D eigenvalue weighted by atomic mass is 32.2. The summed E-state index contributed by atoms with van der Waals surface area (Å²) < 4.78 is 47.5. The Bertz CT molecular complexity index is 2010. The van der Waals surface area contributed by atoms with Crippen LogP contribution in [0, 0.1) is 0 Å². The van der Waals surface area contributed by atoms with Crippen molar-refractivity contribution in [3.8, 4) is 0 Å². The molecule has 0 saturated carbocycles. The standard InChI is InChI=1S/C36H44N8O5S2/c1-7-8-9-10-22-44(4)35(45)29-12-11-13-30(23-29)37-36-38-33(42-40-25(2)27-14-18-31(19-15-27)50(5,46)47)24-34(39-36)43-41-26(3)28-16-20-32(21-17-28)51(6,48)49/h11-21,23-24H,7-10,22H2,1-6H3,(H3,37,38,39,42,43). The third kappa shape index (κ3) is 11.4. The molecule has 51 heavy (non-hydrogen) atoms. The van der Waals surface area contributed by atoms with Crippen molar-refractivity contribution in [2.45, 2.75) is 56.2 Å². The number of unbranched alkanes of at least 4 members (excludes halogenated alkanes) is 3. The topological polar surface area (TPSA) is 175 Å². The Balaban J connectivity index is 1.60. The van der Waals surface area contributed by atoms with Crippen molar-refractivity contribution in [3.63, 3.8) is 0 Å². The van der Waals surface area contributed by atoms with Gasteiger partial charge in [-0.3, -0.25) is 15.6 Å². The minimum Gasteiger partial charge on any atom is -0.342 e. The Kier molecular flexibility index (Phi) is 13.0. The summed E-state index contributed by atoms with van der Waals surface area (Å²) >= 11 is 0. The van der Waals surface area contributed by atoms with E-state index in [1.165, 1.54) is 24.3 Å². The molecule has 0 aliphatic rings. The largest absolute Gasteiger partial charge is 0.342 e. The van der Waals surface area contributed by atoms with Crippen molar-refractivity contribution in [2.75, 3.05) is 42.3 Å². The lowest BCUT2D eigenvalue weighted by Gasteiger charge is -2.17. The number of benzene rings is 3. The molecule has 3 aromatic carbocycles. The summed E-state index contributed by atoms with van der Waals surface area (Å²) in [4.78, 5) is 24.4. The number of amides is 1. The molecule has 13 nitrogen and oxygen atoms in total. The number of rotatable bonds is 16. The molecular formula is C36H44N8O5S2. The molecular weight excluding hydrogens is 689 g/mol. The van der Waals surface area contributed by atoms with Gasteiger partial charge in [-0.15, -0.1) is 0 Å². The molecule has 15 heteroatoms. The van der Waals surface area contributed by atoms with Crippen molar-refractivity contribution in [1.82, 2.24) is 14.9 Å². The van der Waals surface area contributed by atoms with Gasteiger partial charge < -0.3 is 10.2 Å². The molecule has 1 aromatic heterocycles. The van der Waals surface area contributed by atoms with E-state index in [0.717, 1.165) is 38.2 Å². The molecule has 1 amide bonds. The Morgan fingerprint density at radius 1 is 0.706 bits per heavy atom. The molecule has 0 bridgehead atoms. The number of hydrogen-bond donors (Lipinski definition) is 3. The van der Waals surface area contributed by atoms with Crippen LogP contribution in [0.3, 0.4) is 0 Å². The molecule has 270 valence electrons. The summed E-state index contributed by atoms with van der Waals surface area (Å²) in [5.41, 5.74) is 9.57. The Labute approximate surface area is 300 Å². The molecule has 4 aromatic rings. The van der Waals surface area contributed by atoms with Gasteiger partial charge in [-0.25, -0.2) is 16.8 Å². The molecule has 0 radical (unpaired) electrons. The van der Waals surface area contributed by atoms with E-state index < -0.39 is 19.7 Å². The lowest BCUT2D eigenvalue weighted by Crippen LogP contribution is -2.27. The maximum Gasteiger partial charge on any atom is 0.253 e. The fourth-order valence-corrected chi connectivity index (χ4v) is 6.13. The van der Waals surface area contributed by atoms with E-state index in [1.54, 1.807) is 80.4 Å². The second kappa shape index (κ2) is 17.2. The number of nitrogens with zero attached hydrogens (tertiary/aromatic N) is 5. The van der Waals surface area contributed by atoms with E-state index in [-0.39, 0.29) is 21.6 Å².